The molecule has 1 aromatic rings. The number of phenolic OH excluding ortho intramolecular Hbond substituents is 1. The summed E-state index contributed by atoms with van der Waals surface area (Å²) in [5.74, 6) is -0.122. The van der Waals surface area contributed by atoms with Gasteiger partial charge in [-0.05, 0) is 30.7 Å². The molecule has 0 atom stereocenters. The third kappa shape index (κ3) is 1.69. The normalized spacial score (nSPS) is 11.7. The molecular formula is C8H7F3O. The first-order chi connectivity index (χ1) is 5.41. The van der Waals surface area contributed by atoms with E-state index in [1.54, 1.807) is 0 Å². The van der Waals surface area contributed by atoms with Gasteiger partial charge in [0.2, 0.25) is 0 Å². The molecule has 0 aliphatic rings. The van der Waals surface area contributed by atoms with Gasteiger partial charge in [-0.2, -0.15) is 13.2 Å². The molecule has 0 spiro atoms. The number of halogens is 3. The van der Waals surface area contributed by atoms with Gasteiger partial charge in [0.25, 0.3) is 0 Å². The molecule has 0 unspecified atom stereocenters. The molecule has 1 N–H and O–H groups in total. The van der Waals surface area contributed by atoms with Crippen LogP contribution >= 0.6 is 0 Å². The predicted octanol–water partition coefficient (Wildman–Crippen LogP) is 2.72. The van der Waals surface area contributed by atoms with E-state index in [0.717, 1.165) is 18.2 Å². The van der Waals surface area contributed by atoms with E-state index in [9.17, 15) is 13.2 Å². The zero-order valence-electron chi connectivity index (χ0n) is 6.31. The SMILES string of the molecule is Cc1cc(C(F)(F)F)ccc1O. The third-order valence-corrected chi connectivity index (χ3v) is 1.52. The Morgan fingerprint density at radius 1 is 1.25 bits per heavy atom. The predicted molar refractivity (Wildman–Crippen MR) is 37.8 cm³/mol. The highest BCUT2D eigenvalue weighted by Gasteiger charge is 2.30. The van der Waals surface area contributed by atoms with Crippen molar-refractivity contribution in [2.75, 3.05) is 0 Å². The second kappa shape index (κ2) is 2.69. The number of aryl methyl sites for hydroxylation is 1. The summed E-state index contributed by atoms with van der Waals surface area (Å²) in [6.07, 6.45) is -4.33. The maximum absolute atomic E-state index is 12.0. The van der Waals surface area contributed by atoms with Crippen LogP contribution in [-0.4, -0.2) is 5.11 Å². The first kappa shape index (κ1) is 8.90. The molecule has 0 heterocycles. The summed E-state index contributed by atoms with van der Waals surface area (Å²) in [5, 5.41) is 8.94. The molecule has 0 aromatic heterocycles. The fourth-order valence-electron chi connectivity index (χ4n) is 0.832. The molecule has 4 heteroatoms. The Hall–Kier alpha value is -1.19. The zero-order valence-corrected chi connectivity index (χ0v) is 6.31. The first-order valence-electron chi connectivity index (χ1n) is 3.28. The van der Waals surface area contributed by atoms with Crippen molar-refractivity contribution in [2.45, 2.75) is 13.1 Å². The van der Waals surface area contributed by atoms with E-state index in [1.165, 1.54) is 6.92 Å². The van der Waals surface area contributed by atoms with Crippen molar-refractivity contribution in [3.05, 3.63) is 29.3 Å². The molecular weight excluding hydrogens is 169 g/mol. The van der Waals surface area contributed by atoms with Crippen molar-refractivity contribution in [3.8, 4) is 5.75 Å². The number of rotatable bonds is 0. The Morgan fingerprint density at radius 2 is 1.83 bits per heavy atom. The van der Waals surface area contributed by atoms with E-state index in [0.29, 0.717) is 0 Å². The van der Waals surface area contributed by atoms with Crippen LogP contribution in [0.1, 0.15) is 11.1 Å². The van der Waals surface area contributed by atoms with Crippen LogP contribution in [0.5, 0.6) is 5.75 Å². The van der Waals surface area contributed by atoms with Gasteiger partial charge >= 0.3 is 6.18 Å². The van der Waals surface area contributed by atoms with Crippen LogP contribution in [0.15, 0.2) is 18.2 Å². The number of phenols is 1. The standard InChI is InChI=1S/C8H7F3O/c1-5-4-6(8(9,10)11)2-3-7(5)12/h2-4,12H,1H3. The van der Waals surface area contributed by atoms with Crippen LogP contribution < -0.4 is 0 Å². The number of hydrogen-bond acceptors (Lipinski definition) is 1. The zero-order chi connectivity index (χ0) is 9.35. The van der Waals surface area contributed by atoms with E-state index in [2.05, 4.69) is 0 Å². The molecule has 1 rings (SSSR count). The van der Waals surface area contributed by atoms with Crippen LogP contribution in [0.2, 0.25) is 0 Å². The molecule has 12 heavy (non-hydrogen) atoms. The van der Waals surface area contributed by atoms with E-state index in [-0.39, 0.29) is 11.3 Å². The summed E-state index contributed by atoms with van der Waals surface area (Å²) >= 11 is 0. The molecule has 0 saturated heterocycles. The first-order valence-corrected chi connectivity index (χ1v) is 3.28. The van der Waals surface area contributed by atoms with Crippen molar-refractivity contribution in [1.29, 1.82) is 0 Å². The smallest absolute Gasteiger partial charge is 0.416 e. The maximum Gasteiger partial charge on any atom is 0.416 e. The van der Waals surface area contributed by atoms with Gasteiger partial charge in [-0.3, -0.25) is 0 Å². The highest BCUT2D eigenvalue weighted by molar-refractivity contribution is 5.35. The lowest BCUT2D eigenvalue weighted by atomic mass is 10.1. The van der Waals surface area contributed by atoms with E-state index in [4.69, 9.17) is 5.11 Å². The van der Waals surface area contributed by atoms with Gasteiger partial charge in [-0.1, -0.05) is 0 Å². The lowest BCUT2D eigenvalue weighted by Gasteiger charge is -2.07. The van der Waals surface area contributed by atoms with E-state index < -0.39 is 11.7 Å². The fourth-order valence-corrected chi connectivity index (χ4v) is 0.832. The van der Waals surface area contributed by atoms with Crippen LogP contribution in [-0.2, 0) is 6.18 Å². The Kier molecular flexibility index (Phi) is 2.00. The Labute approximate surface area is 67.5 Å². The minimum Gasteiger partial charge on any atom is -0.508 e. The Morgan fingerprint density at radius 3 is 2.25 bits per heavy atom. The van der Waals surface area contributed by atoms with Gasteiger partial charge in [-0.25, -0.2) is 0 Å². The lowest BCUT2D eigenvalue weighted by Crippen LogP contribution is -2.04. The molecule has 0 bridgehead atoms. The molecule has 1 nitrogen and oxygen atoms in total. The summed E-state index contributed by atoms with van der Waals surface area (Å²) < 4.78 is 36.1. The third-order valence-electron chi connectivity index (χ3n) is 1.52. The van der Waals surface area contributed by atoms with E-state index >= 15 is 0 Å². The summed E-state index contributed by atoms with van der Waals surface area (Å²) in [5.41, 5.74) is -0.511. The second-order valence-electron chi connectivity index (χ2n) is 2.50. The van der Waals surface area contributed by atoms with Gasteiger partial charge in [0.15, 0.2) is 0 Å². The second-order valence-corrected chi connectivity index (χ2v) is 2.50. The van der Waals surface area contributed by atoms with Crippen LogP contribution in [0.3, 0.4) is 0 Å². The largest absolute Gasteiger partial charge is 0.508 e. The maximum atomic E-state index is 12.0. The molecule has 0 aliphatic heterocycles. The topological polar surface area (TPSA) is 20.2 Å². The highest BCUT2D eigenvalue weighted by Crippen LogP contribution is 2.31. The highest BCUT2D eigenvalue weighted by atomic mass is 19.4. The van der Waals surface area contributed by atoms with Gasteiger partial charge in [0.1, 0.15) is 5.75 Å². The Balaban J connectivity index is 3.14. The van der Waals surface area contributed by atoms with Gasteiger partial charge in [0.05, 0.1) is 5.56 Å². The molecule has 0 amide bonds. The van der Waals surface area contributed by atoms with E-state index in [1.807, 2.05) is 0 Å². The van der Waals surface area contributed by atoms with Crippen LogP contribution in [0.25, 0.3) is 0 Å². The number of aromatic hydroxyl groups is 1. The monoisotopic (exact) mass is 176 g/mol. The number of benzene rings is 1. The van der Waals surface area contributed by atoms with Crippen molar-refractivity contribution in [3.63, 3.8) is 0 Å². The molecule has 1 aromatic carbocycles. The van der Waals surface area contributed by atoms with Crippen molar-refractivity contribution in [1.82, 2.24) is 0 Å². The number of alkyl halides is 3. The van der Waals surface area contributed by atoms with Gasteiger partial charge in [-0.15, -0.1) is 0 Å². The molecule has 0 aliphatic carbocycles. The fraction of sp³-hybridized carbons (Fsp3) is 0.250. The van der Waals surface area contributed by atoms with Crippen molar-refractivity contribution < 1.29 is 18.3 Å². The average Bonchev–Trinajstić information content (AvgIpc) is 1.92. The van der Waals surface area contributed by atoms with Crippen LogP contribution in [0.4, 0.5) is 13.2 Å². The quantitative estimate of drug-likeness (QED) is 0.644. The Bertz CT molecular complexity index is 291. The lowest BCUT2D eigenvalue weighted by molar-refractivity contribution is -0.137. The summed E-state index contributed by atoms with van der Waals surface area (Å²) in [4.78, 5) is 0. The van der Waals surface area contributed by atoms with Crippen molar-refractivity contribution in [2.24, 2.45) is 0 Å². The summed E-state index contributed by atoms with van der Waals surface area (Å²) in [6, 6.07) is 2.80. The summed E-state index contributed by atoms with van der Waals surface area (Å²) in [7, 11) is 0. The summed E-state index contributed by atoms with van der Waals surface area (Å²) in [6.45, 7) is 1.42. The van der Waals surface area contributed by atoms with Gasteiger partial charge in [0, 0.05) is 0 Å². The van der Waals surface area contributed by atoms with Crippen LogP contribution in [0, 0.1) is 6.92 Å². The van der Waals surface area contributed by atoms with Gasteiger partial charge < -0.3 is 5.11 Å². The minimum absolute atomic E-state index is 0.122. The molecule has 0 fully saturated rings. The molecule has 0 saturated carbocycles. The minimum atomic E-state index is -4.33. The molecule has 66 valence electrons. The average molecular weight is 176 g/mol. The number of hydrogen-bond donors (Lipinski definition) is 1. The molecule has 0 radical (unpaired) electrons. The van der Waals surface area contributed by atoms with Crippen molar-refractivity contribution >= 4 is 0 Å².